The minimum Gasteiger partial charge on any atom is -0.318 e. The summed E-state index contributed by atoms with van der Waals surface area (Å²) >= 11 is 3.53. The smallest absolute Gasteiger partial charge is 0.0468 e. The molecule has 0 aliphatic rings. The van der Waals surface area contributed by atoms with Crippen LogP contribution in [-0.4, -0.2) is 4.57 Å². The first-order valence-corrected chi connectivity index (χ1v) is 5.80. The van der Waals surface area contributed by atoms with Gasteiger partial charge in [0.25, 0.3) is 0 Å². The number of benzene rings is 1. The van der Waals surface area contributed by atoms with Gasteiger partial charge in [-0.3, -0.25) is 0 Å². The van der Waals surface area contributed by atoms with Crippen molar-refractivity contribution in [2.45, 2.75) is 20.8 Å². The molecule has 0 amide bonds. The lowest BCUT2D eigenvalue weighted by molar-refractivity contribution is 0.962. The fourth-order valence-electron chi connectivity index (χ4n) is 1.92. The Balaban J connectivity index is 2.63. The third-order valence-electron chi connectivity index (χ3n) is 2.56. The van der Waals surface area contributed by atoms with Crippen molar-refractivity contribution in [3.63, 3.8) is 0 Å². The molecule has 1 heterocycles. The zero-order valence-corrected chi connectivity index (χ0v) is 10.8. The molecule has 0 saturated heterocycles. The van der Waals surface area contributed by atoms with Gasteiger partial charge < -0.3 is 4.57 Å². The van der Waals surface area contributed by atoms with Crippen LogP contribution in [0.1, 0.15) is 17.0 Å². The Morgan fingerprint density at radius 3 is 2.07 bits per heavy atom. The summed E-state index contributed by atoms with van der Waals surface area (Å²) in [5, 5.41) is 0. The Kier molecular flexibility index (Phi) is 2.70. The van der Waals surface area contributed by atoms with E-state index in [1.165, 1.54) is 22.6 Å². The number of aromatic nitrogens is 1. The quantitative estimate of drug-likeness (QED) is 0.728. The topological polar surface area (TPSA) is 4.93 Å². The highest BCUT2D eigenvalue weighted by Crippen LogP contribution is 2.21. The Hall–Kier alpha value is -1.02. The summed E-state index contributed by atoms with van der Waals surface area (Å²) in [5.41, 5.74) is 5.03. The second-order valence-electron chi connectivity index (χ2n) is 3.94. The van der Waals surface area contributed by atoms with Crippen LogP contribution in [0.4, 0.5) is 0 Å². The molecule has 0 spiro atoms. The van der Waals surface area contributed by atoms with Gasteiger partial charge in [0, 0.05) is 21.5 Å². The number of hydrogen-bond acceptors (Lipinski definition) is 0. The third kappa shape index (κ3) is 2.00. The lowest BCUT2D eigenvalue weighted by Gasteiger charge is -2.10. The largest absolute Gasteiger partial charge is 0.318 e. The molecule has 1 aromatic heterocycles. The molecule has 2 aromatic rings. The first-order valence-electron chi connectivity index (χ1n) is 5.00. The van der Waals surface area contributed by atoms with Gasteiger partial charge in [-0.15, -0.1) is 0 Å². The van der Waals surface area contributed by atoms with E-state index in [2.05, 4.69) is 71.6 Å². The van der Waals surface area contributed by atoms with Gasteiger partial charge in [0.2, 0.25) is 0 Å². The molecule has 2 heteroatoms. The van der Waals surface area contributed by atoms with Gasteiger partial charge in [0.05, 0.1) is 0 Å². The van der Waals surface area contributed by atoms with Crippen LogP contribution in [0.3, 0.4) is 0 Å². The van der Waals surface area contributed by atoms with Crippen LogP contribution < -0.4 is 0 Å². The lowest BCUT2D eigenvalue weighted by atomic mass is 10.2. The maximum absolute atomic E-state index is 3.53. The normalized spacial score (nSPS) is 10.7. The Morgan fingerprint density at radius 2 is 1.53 bits per heavy atom. The molecular weight excluding hydrogens is 250 g/mol. The van der Waals surface area contributed by atoms with E-state index in [1.807, 2.05) is 0 Å². The fourth-order valence-corrected chi connectivity index (χ4v) is 2.52. The van der Waals surface area contributed by atoms with Crippen LogP contribution in [0.15, 0.2) is 34.8 Å². The zero-order chi connectivity index (χ0) is 11.0. The van der Waals surface area contributed by atoms with Crippen molar-refractivity contribution in [3.8, 4) is 5.69 Å². The molecule has 0 radical (unpaired) electrons. The average molecular weight is 264 g/mol. The molecule has 2 rings (SSSR count). The van der Waals surface area contributed by atoms with Crippen LogP contribution in [0.25, 0.3) is 5.69 Å². The third-order valence-corrected chi connectivity index (χ3v) is 3.01. The van der Waals surface area contributed by atoms with Gasteiger partial charge in [-0.2, -0.15) is 0 Å². The summed E-state index contributed by atoms with van der Waals surface area (Å²) in [7, 11) is 0. The van der Waals surface area contributed by atoms with Crippen LogP contribution in [-0.2, 0) is 0 Å². The minimum absolute atomic E-state index is 1.13. The molecule has 0 unspecified atom stereocenters. The molecule has 0 fully saturated rings. The van der Waals surface area contributed by atoms with Crippen LogP contribution in [0, 0.1) is 20.8 Å². The summed E-state index contributed by atoms with van der Waals surface area (Å²) in [6, 6.07) is 10.8. The first-order chi connectivity index (χ1) is 7.08. The van der Waals surface area contributed by atoms with Crippen molar-refractivity contribution in [2.24, 2.45) is 0 Å². The van der Waals surface area contributed by atoms with Gasteiger partial charge in [-0.1, -0.05) is 15.9 Å². The molecule has 0 aliphatic heterocycles. The molecule has 1 nitrogen and oxygen atoms in total. The van der Waals surface area contributed by atoms with Gasteiger partial charge in [0.1, 0.15) is 0 Å². The molecule has 0 saturated carbocycles. The Morgan fingerprint density at radius 1 is 0.933 bits per heavy atom. The maximum Gasteiger partial charge on any atom is 0.0468 e. The summed E-state index contributed by atoms with van der Waals surface area (Å²) in [5.74, 6) is 0. The van der Waals surface area contributed by atoms with Crippen molar-refractivity contribution in [2.75, 3.05) is 0 Å². The number of rotatable bonds is 1. The molecule has 1 aromatic carbocycles. The van der Waals surface area contributed by atoms with E-state index in [0.717, 1.165) is 4.47 Å². The van der Waals surface area contributed by atoms with Gasteiger partial charge >= 0.3 is 0 Å². The van der Waals surface area contributed by atoms with Gasteiger partial charge in [-0.05, 0) is 56.7 Å². The van der Waals surface area contributed by atoms with Crippen LogP contribution >= 0.6 is 15.9 Å². The highest BCUT2D eigenvalue weighted by Gasteiger charge is 2.04. The molecular formula is C13H14BrN. The molecule has 78 valence electrons. The van der Waals surface area contributed by atoms with Crippen molar-refractivity contribution < 1.29 is 0 Å². The minimum atomic E-state index is 1.13. The Bertz CT molecular complexity index is 457. The van der Waals surface area contributed by atoms with Crippen molar-refractivity contribution >= 4 is 15.9 Å². The van der Waals surface area contributed by atoms with E-state index in [1.54, 1.807) is 0 Å². The highest BCUT2D eigenvalue weighted by atomic mass is 79.9. The van der Waals surface area contributed by atoms with Crippen LogP contribution in [0.2, 0.25) is 0 Å². The number of aryl methyl sites for hydroxylation is 3. The SMILES string of the molecule is Cc1cc(Br)cc(-n2c(C)ccc2C)c1. The van der Waals surface area contributed by atoms with E-state index in [9.17, 15) is 0 Å². The maximum atomic E-state index is 3.53. The van der Waals surface area contributed by atoms with Crippen molar-refractivity contribution in [1.29, 1.82) is 0 Å². The van der Waals surface area contributed by atoms with E-state index in [4.69, 9.17) is 0 Å². The Labute approximate surface area is 98.9 Å². The van der Waals surface area contributed by atoms with Crippen LogP contribution in [0.5, 0.6) is 0 Å². The number of halogens is 1. The van der Waals surface area contributed by atoms with E-state index in [0.29, 0.717) is 0 Å². The predicted molar refractivity (Wildman–Crippen MR) is 67.7 cm³/mol. The van der Waals surface area contributed by atoms with Gasteiger partial charge in [0.15, 0.2) is 0 Å². The summed E-state index contributed by atoms with van der Waals surface area (Å²) in [6.07, 6.45) is 0. The second kappa shape index (κ2) is 3.86. The van der Waals surface area contributed by atoms with Gasteiger partial charge in [-0.25, -0.2) is 0 Å². The summed E-state index contributed by atoms with van der Waals surface area (Å²) in [6.45, 7) is 6.37. The van der Waals surface area contributed by atoms with Crippen molar-refractivity contribution in [3.05, 3.63) is 51.8 Å². The number of nitrogens with zero attached hydrogens (tertiary/aromatic N) is 1. The summed E-state index contributed by atoms with van der Waals surface area (Å²) in [4.78, 5) is 0. The average Bonchev–Trinajstić information content (AvgIpc) is 2.44. The molecule has 0 aliphatic carbocycles. The molecule has 15 heavy (non-hydrogen) atoms. The molecule has 0 atom stereocenters. The monoisotopic (exact) mass is 263 g/mol. The number of hydrogen-bond donors (Lipinski definition) is 0. The molecule has 0 bridgehead atoms. The predicted octanol–water partition coefficient (Wildman–Crippen LogP) is 4.17. The molecule has 0 N–H and O–H groups in total. The highest BCUT2D eigenvalue weighted by molar-refractivity contribution is 9.10. The standard InChI is InChI=1S/C13H14BrN/c1-9-6-12(14)8-13(7-9)15-10(2)4-5-11(15)3/h4-8H,1-3H3. The van der Waals surface area contributed by atoms with E-state index >= 15 is 0 Å². The van der Waals surface area contributed by atoms with E-state index in [-0.39, 0.29) is 0 Å². The lowest BCUT2D eigenvalue weighted by Crippen LogP contribution is -1.98. The zero-order valence-electron chi connectivity index (χ0n) is 9.21. The summed E-state index contributed by atoms with van der Waals surface area (Å²) < 4.78 is 3.39. The first kappa shape index (κ1) is 10.5. The van der Waals surface area contributed by atoms with E-state index < -0.39 is 0 Å². The van der Waals surface area contributed by atoms with Crippen molar-refractivity contribution in [1.82, 2.24) is 4.57 Å². The second-order valence-corrected chi connectivity index (χ2v) is 4.85. The fraction of sp³-hybridized carbons (Fsp3) is 0.231.